The summed E-state index contributed by atoms with van der Waals surface area (Å²) < 4.78 is 1.77. The van der Waals surface area contributed by atoms with Crippen molar-refractivity contribution in [2.24, 2.45) is 7.05 Å². The summed E-state index contributed by atoms with van der Waals surface area (Å²) in [6, 6.07) is 3.96. The molecule has 18 heavy (non-hydrogen) atoms. The minimum absolute atomic E-state index is 0.408. The van der Waals surface area contributed by atoms with Gasteiger partial charge in [-0.2, -0.15) is 10.2 Å². The van der Waals surface area contributed by atoms with E-state index in [0.717, 1.165) is 30.3 Å². The van der Waals surface area contributed by atoms with Crippen LogP contribution in [0.5, 0.6) is 0 Å². The summed E-state index contributed by atoms with van der Waals surface area (Å²) >= 11 is 0. The number of nitrogens with zero attached hydrogens (tertiary/aromatic N) is 5. The molecular weight excluding hydrogens is 228 g/mol. The van der Waals surface area contributed by atoms with Gasteiger partial charge in [0.1, 0.15) is 18.0 Å². The predicted octanol–water partition coefficient (Wildman–Crippen LogP) is 1.38. The SMILES string of the molecule is CC(C)c1ccc(NCCc2ncnn2C)nn1. The molecule has 6 nitrogen and oxygen atoms in total. The summed E-state index contributed by atoms with van der Waals surface area (Å²) in [7, 11) is 1.89. The molecule has 0 aliphatic rings. The number of hydrogen-bond donors (Lipinski definition) is 1. The molecule has 1 N–H and O–H groups in total. The zero-order valence-corrected chi connectivity index (χ0v) is 11.0. The summed E-state index contributed by atoms with van der Waals surface area (Å²) in [5, 5.41) is 15.5. The quantitative estimate of drug-likeness (QED) is 0.863. The summed E-state index contributed by atoms with van der Waals surface area (Å²) in [5.41, 5.74) is 1.01. The van der Waals surface area contributed by atoms with Crippen LogP contribution in [0.3, 0.4) is 0 Å². The lowest BCUT2D eigenvalue weighted by molar-refractivity contribution is 0.700. The molecule has 0 aliphatic heterocycles. The maximum atomic E-state index is 4.17. The maximum Gasteiger partial charge on any atom is 0.148 e. The van der Waals surface area contributed by atoms with Crippen molar-refractivity contribution in [1.29, 1.82) is 0 Å². The minimum atomic E-state index is 0.408. The van der Waals surface area contributed by atoms with Gasteiger partial charge in [0.05, 0.1) is 5.69 Å². The lowest BCUT2D eigenvalue weighted by atomic mass is 10.1. The third-order valence-corrected chi connectivity index (χ3v) is 2.74. The van der Waals surface area contributed by atoms with E-state index < -0.39 is 0 Å². The van der Waals surface area contributed by atoms with E-state index in [4.69, 9.17) is 0 Å². The van der Waals surface area contributed by atoms with Crippen molar-refractivity contribution in [3.8, 4) is 0 Å². The second-order valence-corrected chi connectivity index (χ2v) is 4.47. The van der Waals surface area contributed by atoms with Crippen molar-refractivity contribution >= 4 is 5.82 Å². The monoisotopic (exact) mass is 246 g/mol. The Morgan fingerprint density at radius 3 is 2.67 bits per heavy atom. The van der Waals surface area contributed by atoms with Crippen LogP contribution in [0.2, 0.25) is 0 Å². The molecule has 0 aliphatic carbocycles. The van der Waals surface area contributed by atoms with Crippen LogP contribution in [0.4, 0.5) is 5.82 Å². The molecule has 0 amide bonds. The normalized spacial score (nSPS) is 10.9. The highest BCUT2D eigenvalue weighted by atomic mass is 15.3. The van der Waals surface area contributed by atoms with Crippen LogP contribution >= 0.6 is 0 Å². The molecule has 96 valence electrons. The molecule has 0 atom stereocenters. The molecule has 2 heterocycles. The summed E-state index contributed by atoms with van der Waals surface area (Å²) in [6.45, 7) is 4.97. The maximum absolute atomic E-state index is 4.17. The summed E-state index contributed by atoms with van der Waals surface area (Å²) in [6.07, 6.45) is 2.37. The molecule has 0 radical (unpaired) electrons. The van der Waals surface area contributed by atoms with E-state index in [1.54, 1.807) is 11.0 Å². The molecule has 0 saturated heterocycles. The number of hydrogen-bond acceptors (Lipinski definition) is 5. The summed E-state index contributed by atoms with van der Waals surface area (Å²) in [4.78, 5) is 4.16. The van der Waals surface area contributed by atoms with E-state index in [1.165, 1.54) is 0 Å². The van der Waals surface area contributed by atoms with Gasteiger partial charge in [-0.1, -0.05) is 13.8 Å². The largest absolute Gasteiger partial charge is 0.368 e. The molecule has 0 spiro atoms. The van der Waals surface area contributed by atoms with Crippen molar-refractivity contribution < 1.29 is 0 Å². The highest BCUT2D eigenvalue weighted by Crippen LogP contribution is 2.11. The van der Waals surface area contributed by atoms with Crippen LogP contribution in [0, 0.1) is 0 Å². The standard InChI is InChI=1S/C12H18N6/c1-9(2)10-4-5-11(17-16-10)13-7-6-12-14-8-15-18(12)3/h4-5,8-9H,6-7H2,1-3H3,(H,13,17). The first-order valence-electron chi connectivity index (χ1n) is 6.07. The first-order chi connectivity index (χ1) is 8.66. The number of rotatable bonds is 5. The Labute approximate surface area is 106 Å². The fraction of sp³-hybridized carbons (Fsp3) is 0.500. The van der Waals surface area contributed by atoms with Gasteiger partial charge in [0.15, 0.2) is 0 Å². The molecule has 0 aromatic carbocycles. The second kappa shape index (κ2) is 5.57. The first-order valence-corrected chi connectivity index (χ1v) is 6.07. The van der Waals surface area contributed by atoms with E-state index in [1.807, 2.05) is 19.2 Å². The highest BCUT2D eigenvalue weighted by Gasteiger charge is 2.03. The molecule has 2 aromatic rings. The van der Waals surface area contributed by atoms with Gasteiger partial charge in [0.25, 0.3) is 0 Å². The average molecular weight is 246 g/mol. The Morgan fingerprint density at radius 1 is 1.28 bits per heavy atom. The van der Waals surface area contributed by atoms with Gasteiger partial charge in [0.2, 0.25) is 0 Å². The summed E-state index contributed by atoms with van der Waals surface area (Å²) in [5.74, 6) is 2.15. The third-order valence-electron chi connectivity index (χ3n) is 2.74. The Bertz CT molecular complexity index is 488. The number of anilines is 1. The number of nitrogens with one attached hydrogen (secondary N) is 1. The lowest BCUT2D eigenvalue weighted by Gasteiger charge is -2.06. The number of aryl methyl sites for hydroxylation is 1. The molecule has 0 bridgehead atoms. The van der Waals surface area contributed by atoms with Gasteiger partial charge < -0.3 is 5.32 Å². The Kier molecular flexibility index (Phi) is 3.86. The molecule has 0 unspecified atom stereocenters. The van der Waals surface area contributed by atoms with Gasteiger partial charge in [0, 0.05) is 20.0 Å². The zero-order chi connectivity index (χ0) is 13.0. The van der Waals surface area contributed by atoms with E-state index in [9.17, 15) is 0 Å². The zero-order valence-electron chi connectivity index (χ0n) is 11.0. The van der Waals surface area contributed by atoms with Gasteiger partial charge in [-0.3, -0.25) is 4.68 Å². The smallest absolute Gasteiger partial charge is 0.148 e. The second-order valence-electron chi connectivity index (χ2n) is 4.47. The van der Waals surface area contributed by atoms with Crippen molar-refractivity contribution in [3.63, 3.8) is 0 Å². The molecule has 2 rings (SSSR count). The van der Waals surface area contributed by atoms with Crippen molar-refractivity contribution in [1.82, 2.24) is 25.0 Å². The van der Waals surface area contributed by atoms with E-state index in [2.05, 4.69) is 39.4 Å². The Morgan fingerprint density at radius 2 is 2.11 bits per heavy atom. The van der Waals surface area contributed by atoms with E-state index in [0.29, 0.717) is 5.92 Å². The topological polar surface area (TPSA) is 68.5 Å². The van der Waals surface area contributed by atoms with E-state index in [-0.39, 0.29) is 0 Å². The van der Waals surface area contributed by atoms with Gasteiger partial charge in [-0.25, -0.2) is 4.98 Å². The highest BCUT2D eigenvalue weighted by molar-refractivity contribution is 5.33. The first kappa shape index (κ1) is 12.5. The predicted molar refractivity (Wildman–Crippen MR) is 69.3 cm³/mol. The Hall–Kier alpha value is -1.98. The third kappa shape index (κ3) is 3.03. The van der Waals surface area contributed by atoms with E-state index >= 15 is 0 Å². The van der Waals surface area contributed by atoms with Crippen molar-refractivity contribution in [3.05, 3.63) is 30.0 Å². The van der Waals surface area contributed by atoms with Gasteiger partial charge >= 0.3 is 0 Å². The molecule has 0 fully saturated rings. The van der Waals surface area contributed by atoms with Crippen LogP contribution < -0.4 is 5.32 Å². The fourth-order valence-corrected chi connectivity index (χ4v) is 1.59. The average Bonchev–Trinajstić information content (AvgIpc) is 2.76. The van der Waals surface area contributed by atoms with Crippen LogP contribution in [0.15, 0.2) is 18.5 Å². The van der Waals surface area contributed by atoms with Crippen LogP contribution in [0.25, 0.3) is 0 Å². The minimum Gasteiger partial charge on any atom is -0.368 e. The van der Waals surface area contributed by atoms with Gasteiger partial charge in [-0.15, -0.1) is 5.10 Å². The van der Waals surface area contributed by atoms with Crippen molar-refractivity contribution in [2.45, 2.75) is 26.2 Å². The number of aromatic nitrogens is 5. The molecule has 0 saturated carbocycles. The van der Waals surface area contributed by atoms with Crippen LogP contribution in [0.1, 0.15) is 31.3 Å². The van der Waals surface area contributed by atoms with Crippen LogP contribution in [-0.4, -0.2) is 31.5 Å². The molecule has 2 aromatic heterocycles. The van der Waals surface area contributed by atoms with Crippen molar-refractivity contribution in [2.75, 3.05) is 11.9 Å². The van der Waals surface area contributed by atoms with Crippen LogP contribution in [-0.2, 0) is 13.5 Å². The molecule has 6 heteroatoms. The Balaban J connectivity index is 1.85. The molecular formula is C12H18N6. The fourth-order valence-electron chi connectivity index (χ4n) is 1.59. The lowest BCUT2D eigenvalue weighted by Crippen LogP contribution is -2.10. The van der Waals surface area contributed by atoms with Gasteiger partial charge in [-0.05, 0) is 18.1 Å².